The number of aryl methyl sites for hydroxylation is 1. The van der Waals surface area contributed by atoms with E-state index in [1.165, 1.54) is 25.1 Å². The molecule has 9 heteroatoms. The average molecular weight is 391 g/mol. The van der Waals surface area contributed by atoms with Crippen LogP contribution in [0.15, 0.2) is 35.1 Å². The van der Waals surface area contributed by atoms with Crippen LogP contribution in [0.3, 0.4) is 0 Å². The van der Waals surface area contributed by atoms with Gasteiger partial charge in [0.1, 0.15) is 5.69 Å². The maximum absolute atomic E-state index is 11.1. The van der Waals surface area contributed by atoms with E-state index in [2.05, 4.69) is 25.1 Å². The van der Waals surface area contributed by atoms with Gasteiger partial charge in [0.05, 0.1) is 25.9 Å². The molecule has 146 valence electrons. The summed E-state index contributed by atoms with van der Waals surface area (Å²) in [5.41, 5.74) is 4.47. The Morgan fingerprint density at radius 3 is 3.00 bits per heavy atom. The Kier molecular flexibility index (Phi) is 4.01. The molecule has 0 amide bonds. The Morgan fingerprint density at radius 2 is 2.24 bits per heavy atom. The van der Waals surface area contributed by atoms with Gasteiger partial charge in [0.2, 0.25) is 11.7 Å². The van der Waals surface area contributed by atoms with Gasteiger partial charge in [-0.1, -0.05) is 5.16 Å². The fourth-order valence-corrected chi connectivity index (χ4v) is 3.88. The van der Waals surface area contributed by atoms with Crippen LogP contribution in [0.25, 0.3) is 33.9 Å². The lowest BCUT2D eigenvalue weighted by atomic mass is 10.0. The van der Waals surface area contributed by atoms with Crippen molar-refractivity contribution >= 4 is 16.9 Å². The molecule has 0 radical (unpaired) electrons. The molecule has 9 nitrogen and oxygen atoms in total. The van der Waals surface area contributed by atoms with Gasteiger partial charge in [-0.25, -0.2) is 9.97 Å². The van der Waals surface area contributed by atoms with Crippen LogP contribution in [0.2, 0.25) is 0 Å². The molecule has 1 unspecified atom stereocenters. The van der Waals surface area contributed by atoms with E-state index in [-0.39, 0.29) is 18.2 Å². The van der Waals surface area contributed by atoms with E-state index in [0.29, 0.717) is 17.4 Å². The van der Waals surface area contributed by atoms with E-state index >= 15 is 0 Å². The molecule has 5 rings (SSSR count). The van der Waals surface area contributed by atoms with Crippen molar-refractivity contribution in [2.24, 2.45) is 0 Å². The van der Waals surface area contributed by atoms with Crippen LogP contribution in [0, 0.1) is 0 Å². The first-order valence-electron chi connectivity index (χ1n) is 9.19. The van der Waals surface area contributed by atoms with Gasteiger partial charge in [-0.15, -0.1) is 0 Å². The number of benzene rings is 1. The summed E-state index contributed by atoms with van der Waals surface area (Å²) < 4.78 is 10.4. The molecule has 3 aromatic heterocycles. The molecule has 0 spiro atoms. The van der Waals surface area contributed by atoms with Crippen molar-refractivity contribution in [3.63, 3.8) is 0 Å². The summed E-state index contributed by atoms with van der Waals surface area (Å²) in [6.45, 7) is 0. The largest absolute Gasteiger partial charge is 0.481 e. The molecule has 0 saturated carbocycles. The number of aromatic nitrogens is 5. The second kappa shape index (κ2) is 6.69. The minimum Gasteiger partial charge on any atom is -0.481 e. The summed E-state index contributed by atoms with van der Waals surface area (Å²) in [6.07, 6.45) is 4.85. The minimum atomic E-state index is -0.775. The molecule has 0 saturated heterocycles. The van der Waals surface area contributed by atoms with Crippen molar-refractivity contribution in [3.8, 4) is 28.9 Å². The number of carboxylic acid groups (broad SMARTS) is 1. The van der Waals surface area contributed by atoms with Crippen LogP contribution in [0.5, 0.6) is 5.88 Å². The lowest BCUT2D eigenvalue weighted by molar-refractivity contribution is -0.137. The van der Waals surface area contributed by atoms with Crippen molar-refractivity contribution in [2.75, 3.05) is 7.11 Å². The van der Waals surface area contributed by atoms with Crippen LogP contribution in [-0.2, 0) is 11.2 Å². The van der Waals surface area contributed by atoms with Crippen LogP contribution < -0.4 is 4.74 Å². The molecule has 2 N–H and O–H groups in total. The fourth-order valence-electron chi connectivity index (χ4n) is 3.88. The van der Waals surface area contributed by atoms with Gasteiger partial charge < -0.3 is 19.4 Å². The molecule has 1 atom stereocenters. The topological polar surface area (TPSA) is 127 Å². The van der Waals surface area contributed by atoms with Crippen LogP contribution in [-0.4, -0.2) is 43.3 Å². The van der Waals surface area contributed by atoms with Crippen molar-refractivity contribution < 1.29 is 19.2 Å². The van der Waals surface area contributed by atoms with Gasteiger partial charge in [0.25, 0.3) is 5.89 Å². The van der Waals surface area contributed by atoms with E-state index in [1.54, 1.807) is 0 Å². The number of fused-ring (bicyclic) bond motifs is 3. The summed E-state index contributed by atoms with van der Waals surface area (Å²) in [6, 6.07) is 5.89. The third-order valence-corrected chi connectivity index (χ3v) is 5.25. The van der Waals surface area contributed by atoms with Crippen molar-refractivity contribution in [1.82, 2.24) is 25.1 Å². The van der Waals surface area contributed by atoms with Gasteiger partial charge in [0, 0.05) is 28.1 Å². The van der Waals surface area contributed by atoms with Gasteiger partial charge >= 0.3 is 5.97 Å². The zero-order valence-corrected chi connectivity index (χ0v) is 15.5. The number of nitrogens with one attached hydrogen (secondary N) is 1. The van der Waals surface area contributed by atoms with Gasteiger partial charge in [-0.3, -0.25) is 4.79 Å². The highest BCUT2D eigenvalue weighted by Gasteiger charge is 2.28. The summed E-state index contributed by atoms with van der Waals surface area (Å²) in [4.78, 5) is 27.3. The Hall–Kier alpha value is -3.75. The number of nitrogens with zero attached hydrogens (tertiary/aromatic N) is 4. The molecule has 29 heavy (non-hydrogen) atoms. The second-order valence-electron chi connectivity index (χ2n) is 6.98. The fraction of sp³-hybridized carbons (Fsp3) is 0.250. The summed E-state index contributed by atoms with van der Waals surface area (Å²) >= 11 is 0. The number of aliphatic carboxylic acids is 1. The normalized spacial score (nSPS) is 15.6. The van der Waals surface area contributed by atoms with Gasteiger partial charge in [0.15, 0.2) is 0 Å². The van der Waals surface area contributed by atoms with Gasteiger partial charge in [-0.05, 0) is 36.6 Å². The Labute approximate surface area is 164 Å². The van der Waals surface area contributed by atoms with E-state index in [0.717, 1.165) is 35.0 Å². The molecule has 1 aliphatic rings. The first-order valence-corrected chi connectivity index (χ1v) is 9.19. The Morgan fingerprint density at radius 1 is 1.34 bits per heavy atom. The standard InChI is InChI=1S/C20H17N5O4/c1-28-16-9-21-15(8-22-16)20-24-19(25-29-20)11-3-5-14-13(6-11)12-4-2-10(7-17(26)27)18(12)23-14/h3,5-6,8-10,23H,2,4,7H2,1H3,(H,26,27). The summed E-state index contributed by atoms with van der Waals surface area (Å²) in [5.74, 6) is 0.388. The first kappa shape index (κ1) is 17.4. The summed E-state index contributed by atoms with van der Waals surface area (Å²) in [7, 11) is 1.52. The monoisotopic (exact) mass is 391 g/mol. The van der Waals surface area contributed by atoms with E-state index < -0.39 is 5.97 Å². The number of methoxy groups -OCH3 is 1. The number of carbonyl (C=O) groups is 1. The van der Waals surface area contributed by atoms with E-state index in [9.17, 15) is 4.79 Å². The molecular weight excluding hydrogens is 374 g/mol. The van der Waals surface area contributed by atoms with Crippen LogP contribution >= 0.6 is 0 Å². The number of carboxylic acids is 1. The zero-order chi connectivity index (χ0) is 20.0. The minimum absolute atomic E-state index is 0.0313. The maximum Gasteiger partial charge on any atom is 0.304 e. The Balaban J connectivity index is 1.48. The third kappa shape index (κ3) is 3.00. The van der Waals surface area contributed by atoms with E-state index in [1.807, 2.05) is 18.2 Å². The highest BCUT2D eigenvalue weighted by atomic mass is 16.5. The first-order chi connectivity index (χ1) is 14.1. The SMILES string of the molecule is COc1cnc(-c2nc(-c3ccc4[nH]c5c(c4c3)CCC5CC(=O)O)no2)cn1. The average Bonchev–Trinajstić information content (AvgIpc) is 3.44. The zero-order valence-electron chi connectivity index (χ0n) is 15.5. The molecule has 3 heterocycles. The number of ether oxygens (including phenoxy) is 1. The molecule has 0 aliphatic heterocycles. The lowest BCUT2D eigenvalue weighted by Gasteiger charge is -2.05. The predicted octanol–water partition coefficient (Wildman–Crippen LogP) is 3.19. The lowest BCUT2D eigenvalue weighted by Crippen LogP contribution is -2.03. The van der Waals surface area contributed by atoms with Crippen molar-refractivity contribution in [1.29, 1.82) is 0 Å². The highest BCUT2D eigenvalue weighted by molar-refractivity contribution is 5.89. The molecule has 4 aromatic rings. The number of aromatic amines is 1. The number of hydrogen-bond donors (Lipinski definition) is 2. The van der Waals surface area contributed by atoms with Crippen molar-refractivity contribution in [3.05, 3.63) is 41.9 Å². The van der Waals surface area contributed by atoms with E-state index in [4.69, 9.17) is 14.4 Å². The third-order valence-electron chi connectivity index (χ3n) is 5.25. The summed E-state index contributed by atoms with van der Waals surface area (Å²) in [5, 5.41) is 14.3. The van der Waals surface area contributed by atoms with Crippen LogP contribution in [0.4, 0.5) is 0 Å². The van der Waals surface area contributed by atoms with Crippen molar-refractivity contribution in [2.45, 2.75) is 25.2 Å². The number of H-pyrrole nitrogens is 1. The maximum atomic E-state index is 11.1. The number of rotatable bonds is 5. The predicted molar refractivity (Wildman–Crippen MR) is 102 cm³/mol. The quantitative estimate of drug-likeness (QED) is 0.531. The molecule has 0 fully saturated rings. The van der Waals surface area contributed by atoms with Gasteiger partial charge in [-0.2, -0.15) is 4.98 Å². The highest BCUT2D eigenvalue weighted by Crippen LogP contribution is 2.40. The second-order valence-corrected chi connectivity index (χ2v) is 6.98. The smallest absolute Gasteiger partial charge is 0.304 e. The van der Waals surface area contributed by atoms with Crippen LogP contribution in [0.1, 0.15) is 30.0 Å². The molecule has 1 aromatic carbocycles. The molecule has 1 aliphatic carbocycles. The number of hydrogen-bond acceptors (Lipinski definition) is 7. The Bertz CT molecular complexity index is 1210. The molecular formula is C20H17N5O4. The molecule has 0 bridgehead atoms.